The van der Waals surface area contributed by atoms with Gasteiger partial charge in [0.15, 0.2) is 0 Å². The Morgan fingerprint density at radius 3 is 1.55 bits per heavy atom. The molecule has 0 amide bonds. The largest absolute Gasteiger partial charge is 0.481 e. The monoisotopic (exact) mass is 342 g/mol. The molecule has 0 saturated carbocycles. The highest BCUT2D eigenvalue weighted by molar-refractivity contribution is 7.87. The summed E-state index contributed by atoms with van der Waals surface area (Å²) in [7, 11) is -5.20. The fourth-order valence-corrected chi connectivity index (χ4v) is 2.77. The third-order valence-corrected chi connectivity index (χ3v) is 4.05. The van der Waals surface area contributed by atoms with E-state index in [9.17, 15) is 27.7 Å². The number of aliphatic carboxylic acids is 2. The maximum Gasteiger partial charge on any atom is 0.325 e. The predicted molar refractivity (Wildman–Crippen MR) is 75.2 cm³/mol. The number of ether oxygens (including phenoxy) is 2. The Morgan fingerprint density at radius 1 is 1.00 bits per heavy atom. The molecule has 0 aromatic carbocycles. The average molecular weight is 342 g/mol. The lowest BCUT2D eigenvalue weighted by Crippen LogP contribution is -2.56. The topological polar surface area (TPSA) is 147 Å². The van der Waals surface area contributed by atoms with Crippen LogP contribution in [-0.4, -0.2) is 65.8 Å². The highest BCUT2D eigenvalue weighted by Gasteiger charge is 2.57. The fourth-order valence-electron chi connectivity index (χ4n) is 1.71. The van der Waals surface area contributed by atoms with E-state index in [1.807, 2.05) is 0 Å². The molecule has 0 radical (unpaired) electrons. The van der Waals surface area contributed by atoms with Crippen molar-refractivity contribution in [2.24, 2.45) is 5.41 Å². The molecule has 0 aromatic heterocycles. The number of carboxylic acid groups (broad SMARTS) is 2. The van der Waals surface area contributed by atoms with Gasteiger partial charge in [-0.1, -0.05) is 0 Å². The van der Waals surface area contributed by atoms with Crippen molar-refractivity contribution in [3.8, 4) is 0 Å². The molecule has 10 heteroatoms. The van der Waals surface area contributed by atoms with Crippen molar-refractivity contribution < 1.29 is 42.2 Å². The average Bonchev–Trinajstić information content (AvgIpc) is 2.29. The molecule has 0 heterocycles. The SMILES string of the molecule is CC(C)OCC(COC(C)C)(C(=O)O)C(C(=O)O)S(=O)(=O)O. The third kappa shape index (κ3) is 5.52. The zero-order chi connectivity index (χ0) is 17.7. The summed E-state index contributed by atoms with van der Waals surface area (Å²) in [6.07, 6.45) is -0.956. The molecule has 0 spiro atoms. The van der Waals surface area contributed by atoms with E-state index in [1.165, 1.54) is 0 Å². The Morgan fingerprint density at radius 2 is 1.36 bits per heavy atom. The van der Waals surface area contributed by atoms with E-state index in [4.69, 9.17) is 14.6 Å². The first-order chi connectivity index (χ1) is 9.84. The van der Waals surface area contributed by atoms with E-state index in [1.54, 1.807) is 27.7 Å². The van der Waals surface area contributed by atoms with Crippen LogP contribution >= 0.6 is 0 Å². The van der Waals surface area contributed by atoms with E-state index in [2.05, 4.69) is 0 Å². The van der Waals surface area contributed by atoms with Gasteiger partial charge in [-0.15, -0.1) is 0 Å². The van der Waals surface area contributed by atoms with Crippen LogP contribution in [0.3, 0.4) is 0 Å². The van der Waals surface area contributed by atoms with Gasteiger partial charge < -0.3 is 19.7 Å². The molecule has 9 nitrogen and oxygen atoms in total. The first-order valence-corrected chi connectivity index (χ1v) is 8.00. The maximum absolute atomic E-state index is 11.6. The number of hydrogen-bond acceptors (Lipinski definition) is 6. The summed E-state index contributed by atoms with van der Waals surface area (Å²) in [6, 6.07) is 0. The van der Waals surface area contributed by atoms with Gasteiger partial charge in [0.05, 0.1) is 25.4 Å². The summed E-state index contributed by atoms with van der Waals surface area (Å²) >= 11 is 0. The van der Waals surface area contributed by atoms with Gasteiger partial charge in [-0.3, -0.25) is 14.1 Å². The summed E-state index contributed by atoms with van der Waals surface area (Å²) in [5, 5.41) is 15.9. The number of carboxylic acids is 2. The number of rotatable bonds is 10. The second-order valence-electron chi connectivity index (χ2n) is 5.41. The Labute approximate surface area is 129 Å². The molecule has 0 fully saturated rings. The zero-order valence-corrected chi connectivity index (χ0v) is 13.7. The first-order valence-electron chi connectivity index (χ1n) is 6.50. The molecule has 0 rings (SSSR count). The predicted octanol–water partition coefficient (Wildman–Crippen LogP) is 0.248. The van der Waals surface area contributed by atoms with Crippen molar-refractivity contribution in [1.82, 2.24) is 0 Å². The van der Waals surface area contributed by atoms with Crippen LogP contribution in [0.5, 0.6) is 0 Å². The van der Waals surface area contributed by atoms with E-state index in [0.717, 1.165) is 0 Å². The third-order valence-electron chi connectivity index (χ3n) is 2.80. The lowest BCUT2D eigenvalue weighted by Gasteiger charge is -2.33. The summed E-state index contributed by atoms with van der Waals surface area (Å²) in [5.74, 6) is -3.75. The summed E-state index contributed by atoms with van der Waals surface area (Å²) in [6.45, 7) is 4.78. The van der Waals surface area contributed by atoms with Crippen LogP contribution in [0, 0.1) is 5.41 Å². The Bertz CT molecular complexity index is 483. The zero-order valence-electron chi connectivity index (χ0n) is 12.8. The van der Waals surface area contributed by atoms with E-state index in [-0.39, 0.29) is 0 Å². The van der Waals surface area contributed by atoms with Crippen LogP contribution in [0.4, 0.5) is 0 Å². The molecule has 0 aliphatic carbocycles. The summed E-state index contributed by atoms with van der Waals surface area (Å²) < 4.78 is 42.3. The standard InChI is InChI=1S/C12H22O9S/c1-7(2)20-5-12(11(15)16,6-21-8(3)4)9(10(13)14)22(17,18)19/h7-9H,5-6H2,1-4H3,(H,13,14)(H,15,16)(H,17,18,19). The lowest BCUT2D eigenvalue weighted by molar-refractivity contribution is -0.167. The van der Waals surface area contributed by atoms with Crippen LogP contribution in [-0.2, 0) is 29.2 Å². The smallest absolute Gasteiger partial charge is 0.325 e. The van der Waals surface area contributed by atoms with Gasteiger partial charge in [0, 0.05) is 0 Å². The van der Waals surface area contributed by atoms with Crippen LogP contribution in [0.1, 0.15) is 27.7 Å². The molecular weight excluding hydrogens is 320 g/mol. The van der Waals surface area contributed by atoms with Gasteiger partial charge in [0.2, 0.25) is 5.25 Å². The number of hydrogen-bond donors (Lipinski definition) is 3. The minimum atomic E-state index is -5.20. The van der Waals surface area contributed by atoms with Gasteiger partial charge in [0.1, 0.15) is 5.41 Å². The van der Waals surface area contributed by atoms with Crippen molar-refractivity contribution in [2.45, 2.75) is 45.2 Å². The van der Waals surface area contributed by atoms with E-state index < -0.39 is 58.1 Å². The molecule has 3 N–H and O–H groups in total. The Kier molecular flexibility index (Phi) is 7.42. The Balaban J connectivity index is 5.97. The Hall–Kier alpha value is -1.23. The highest BCUT2D eigenvalue weighted by Crippen LogP contribution is 2.30. The van der Waals surface area contributed by atoms with Crippen LogP contribution in [0.25, 0.3) is 0 Å². The molecule has 0 bridgehead atoms. The normalized spacial score (nSPS) is 14.3. The molecule has 0 aliphatic rings. The maximum atomic E-state index is 11.6. The fraction of sp³-hybridized carbons (Fsp3) is 0.833. The van der Waals surface area contributed by atoms with Gasteiger partial charge in [-0.2, -0.15) is 8.42 Å². The van der Waals surface area contributed by atoms with Crippen molar-refractivity contribution in [3.05, 3.63) is 0 Å². The summed E-state index contributed by atoms with van der Waals surface area (Å²) in [5.41, 5.74) is -2.48. The molecule has 1 unspecified atom stereocenters. The van der Waals surface area contributed by atoms with Crippen LogP contribution in [0.2, 0.25) is 0 Å². The number of carbonyl (C=O) groups is 2. The molecule has 0 saturated heterocycles. The van der Waals surface area contributed by atoms with Gasteiger partial charge in [-0.05, 0) is 27.7 Å². The van der Waals surface area contributed by atoms with Gasteiger partial charge >= 0.3 is 11.9 Å². The lowest BCUT2D eigenvalue weighted by atomic mass is 9.85. The summed E-state index contributed by atoms with van der Waals surface area (Å²) in [4.78, 5) is 22.9. The minimum absolute atomic E-state index is 0.478. The second-order valence-corrected chi connectivity index (χ2v) is 6.92. The quantitative estimate of drug-likeness (QED) is 0.475. The molecule has 130 valence electrons. The first kappa shape index (κ1) is 20.8. The molecule has 0 aliphatic heterocycles. The minimum Gasteiger partial charge on any atom is -0.481 e. The highest BCUT2D eigenvalue weighted by atomic mass is 32.2. The molecule has 0 aromatic rings. The van der Waals surface area contributed by atoms with Crippen molar-refractivity contribution in [1.29, 1.82) is 0 Å². The van der Waals surface area contributed by atoms with E-state index >= 15 is 0 Å². The van der Waals surface area contributed by atoms with Crippen LogP contribution in [0.15, 0.2) is 0 Å². The van der Waals surface area contributed by atoms with Crippen molar-refractivity contribution in [3.63, 3.8) is 0 Å². The molecular formula is C12H22O9S. The van der Waals surface area contributed by atoms with Gasteiger partial charge in [-0.25, -0.2) is 0 Å². The van der Waals surface area contributed by atoms with Gasteiger partial charge in [0.25, 0.3) is 10.1 Å². The van der Waals surface area contributed by atoms with Crippen molar-refractivity contribution in [2.75, 3.05) is 13.2 Å². The molecule has 22 heavy (non-hydrogen) atoms. The molecule has 1 atom stereocenters. The van der Waals surface area contributed by atoms with Crippen LogP contribution < -0.4 is 0 Å². The van der Waals surface area contributed by atoms with E-state index in [0.29, 0.717) is 0 Å². The second kappa shape index (κ2) is 7.86. The van der Waals surface area contributed by atoms with Crippen molar-refractivity contribution >= 4 is 22.1 Å².